The van der Waals surface area contributed by atoms with Crippen molar-refractivity contribution in [2.45, 2.75) is 12.0 Å². The van der Waals surface area contributed by atoms with Gasteiger partial charge in [-0.3, -0.25) is 9.59 Å². The highest BCUT2D eigenvalue weighted by Gasteiger charge is 2.61. The van der Waals surface area contributed by atoms with Crippen LogP contribution in [0.2, 0.25) is 0 Å². The number of rotatable bonds is 3. The fourth-order valence-electron chi connectivity index (χ4n) is 1.68. The fourth-order valence-corrected chi connectivity index (χ4v) is 1.68. The Hall–Kier alpha value is -1.75. The third-order valence-electron chi connectivity index (χ3n) is 2.83. The van der Waals surface area contributed by atoms with Gasteiger partial charge >= 0.3 is 5.97 Å². The van der Waals surface area contributed by atoms with E-state index >= 15 is 0 Å². The predicted octanol–water partition coefficient (Wildman–Crippen LogP) is 0.810. The van der Waals surface area contributed by atoms with E-state index in [1.54, 1.807) is 0 Å². The van der Waals surface area contributed by atoms with E-state index in [4.69, 9.17) is 10.8 Å². The molecule has 16 heavy (non-hydrogen) atoms. The normalized spacial score (nSPS) is 27.5. The maximum absolute atomic E-state index is 12.9. The number of Topliss-reactive ketones (excluding diaryl/α,β-unsaturated/α-hetero) is 1. The van der Waals surface area contributed by atoms with Crippen molar-refractivity contribution in [1.29, 1.82) is 0 Å². The molecule has 1 aliphatic rings. The minimum atomic E-state index is -1.47. The van der Waals surface area contributed by atoms with E-state index in [1.807, 2.05) is 0 Å². The standard InChI is InChI=1S/C11H10FNO3/c12-7-3-1-2-6(4-7)9(14)8-5-11(8,13)10(15)16/h1-4,8H,5,13H2,(H,15,16). The van der Waals surface area contributed by atoms with Crippen molar-refractivity contribution in [3.63, 3.8) is 0 Å². The van der Waals surface area contributed by atoms with Gasteiger partial charge in [-0.05, 0) is 18.6 Å². The molecular formula is C11H10FNO3. The quantitative estimate of drug-likeness (QED) is 0.743. The Morgan fingerprint density at radius 1 is 1.50 bits per heavy atom. The van der Waals surface area contributed by atoms with Gasteiger partial charge in [0.2, 0.25) is 0 Å². The zero-order chi connectivity index (χ0) is 11.9. The van der Waals surface area contributed by atoms with Gasteiger partial charge in [-0.15, -0.1) is 0 Å². The number of benzene rings is 1. The number of ketones is 1. The van der Waals surface area contributed by atoms with Crippen molar-refractivity contribution in [2.24, 2.45) is 11.7 Å². The molecule has 0 aliphatic heterocycles. The number of hydrogen-bond acceptors (Lipinski definition) is 3. The first-order chi connectivity index (χ1) is 7.45. The van der Waals surface area contributed by atoms with E-state index in [0.717, 1.165) is 6.07 Å². The highest BCUT2D eigenvalue weighted by atomic mass is 19.1. The maximum Gasteiger partial charge on any atom is 0.324 e. The number of hydrogen-bond donors (Lipinski definition) is 2. The lowest BCUT2D eigenvalue weighted by atomic mass is 10.0. The van der Waals surface area contributed by atoms with Gasteiger partial charge in [0, 0.05) is 5.56 Å². The van der Waals surface area contributed by atoms with Crippen LogP contribution in [0.15, 0.2) is 24.3 Å². The van der Waals surface area contributed by atoms with Gasteiger partial charge < -0.3 is 10.8 Å². The molecule has 0 aromatic heterocycles. The molecule has 1 saturated carbocycles. The monoisotopic (exact) mass is 223 g/mol. The second kappa shape index (κ2) is 3.38. The van der Waals surface area contributed by atoms with Crippen molar-refractivity contribution in [3.05, 3.63) is 35.6 Å². The molecule has 0 spiro atoms. The van der Waals surface area contributed by atoms with Gasteiger partial charge in [-0.1, -0.05) is 12.1 Å². The van der Waals surface area contributed by atoms with Crippen molar-refractivity contribution in [1.82, 2.24) is 0 Å². The molecule has 4 nitrogen and oxygen atoms in total. The molecule has 2 unspecified atom stereocenters. The zero-order valence-corrected chi connectivity index (χ0v) is 8.31. The third-order valence-corrected chi connectivity index (χ3v) is 2.83. The van der Waals surface area contributed by atoms with Crippen molar-refractivity contribution < 1.29 is 19.1 Å². The Bertz CT molecular complexity index is 474. The molecule has 0 heterocycles. The lowest BCUT2D eigenvalue weighted by molar-refractivity contribution is -0.139. The summed E-state index contributed by atoms with van der Waals surface area (Å²) in [5.74, 6) is -2.87. The van der Waals surface area contributed by atoms with Gasteiger partial charge in [0.05, 0.1) is 5.92 Å². The van der Waals surface area contributed by atoms with Crippen LogP contribution in [0.25, 0.3) is 0 Å². The zero-order valence-electron chi connectivity index (χ0n) is 8.31. The Labute approximate surface area is 90.9 Å². The molecule has 0 bridgehead atoms. The number of carbonyl (C=O) groups is 2. The number of halogens is 1. The summed E-state index contributed by atoms with van der Waals surface area (Å²) >= 11 is 0. The van der Waals surface area contributed by atoms with E-state index in [1.165, 1.54) is 18.2 Å². The highest BCUT2D eigenvalue weighted by Crippen LogP contribution is 2.43. The van der Waals surface area contributed by atoms with E-state index in [0.29, 0.717) is 0 Å². The summed E-state index contributed by atoms with van der Waals surface area (Å²) in [6, 6.07) is 5.16. The third kappa shape index (κ3) is 1.59. The topological polar surface area (TPSA) is 80.4 Å². The second-order valence-electron chi connectivity index (χ2n) is 3.98. The molecule has 1 aromatic carbocycles. The summed E-state index contributed by atoms with van der Waals surface area (Å²) in [4.78, 5) is 22.5. The smallest absolute Gasteiger partial charge is 0.324 e. The largest absolute Gasteiger partial charge is 0.480 e. The first-order valence-electron chi connectivity index (χ1n) is 4.77. The van der Waals surface area contributed by atoms with Gasteiger partial charge in [0.15, 0.2) is 5.78 Å². The molecular weight excluding hydrogens is 213 g/mol. The number of aliphatic carboxylic acids is 1. The van der Waals surface area contributed by atoms with Gasteiger partial charge in [-0.25, -0.2) is 4.39 Å². The van der Waals surface area contributed by atoms with E-state index in [9.17, 15) is 14.0 Å². The van der Waals surface area contributed by atoms with E-state index in [2.05, 4.69) is 0 Å². The molecule has 1 fully saturated rings. The Kier molecular flexibility index (Phi) is 2.27. The SMILES string of the molecule is NC1(C(=O)O)CC1C(=O)c1cccc(F)c1. The molecule has 0 amide bonds. The summed E-state index contributed by atoms with van der Waals surface area (Å²) in [7, 11) is 0. The van der Waals surface area contributed by atoms with E-state index in [-0.39, 0.29) is 12.0 Å². The Morgan fingerprint density at radius 3 is 2.69 bits per heavy atom. The summed E-state index contributed by atoms with van der Waals surface area (Å²) < 4.78 is 12.9. The van der Waals surface area contributed by atoms with Crippen LogP contribution in [0, 0.1) is 11.7 Å². The van der Waals surface area contributed by atoms with E-state index < -0.39 is 29.0 Å². The Balaban J connectivity index is 2.20. The molecule has 2 atom stereocenters. The minimum Gasteiger partial charge on any atom is -0.480 e. The predicted molar refractivity (Wildman–Crippen MR) is 53.4 cm³/mol. The average Bonchev–Trinajstić information content (AvgIpc) is 2.91. The van der Waals surface area contributed by atoms with Crippen molar-refractivity contribution in [3.8, 4) is 0 Å². The summed E-state index contributed by atoms with van der Waals surface area (Å²) in [5.41, 5.74) is 4.19. The van der Waals surface area contributed by atoms with Gasteiger partial charge in [0.25, 0.3) is 0 Å². The van der Waals surface area contributed by atoms with Crippen molar-refractivity contribution in [2.75, 3.05) is 0 Å². The first-order valence-corrected chi connectivity index (χ1v) is 4.77. The summed E-state index contributed by atoms with van der Waals surface area (Å²) in [5, 5.41) is 8.78. The second-order valence-corrected chi connectivity index (χ2v) is 3.98. The number of carbonyl (C=O) groups excluding carboxylic acids is 1. The van der Waals surface area contributed by atoms with Crippen LogP contribution in [0.1, 0.15) is 16.8 Å². The highest BCUT2D eigenvalue weighted by molar-refractivity contribution is 6.05. The lowest BCUT2D eigenvalue weighted by Crippen LogP contribution is -2.36. The number of nitrogens with two attached hydrogens (primary N) is 1. The van der Waals surface area contributed by atoms with Gasteiger partial charge in [0.1, 0.15) is 11.4 Å². The Morgan fingerprint density at radius 2 is 2.19 bits per heavy atom. The summed E-state index contributed by atoms with van der Waals surface area (Å²) in [6.45, 7) is 0. The van der Waals surface area contributed by atoms with Crippen LogP contribution >= 0.6 is 0 Å². The molecule has 0 radical (unpaired) electrons. The number of carboxylic acid groups (broad SMARTS) is 1. The van der Waals surface area contributed by atoms with Crippen LogP contribution in [0.3, 0.4) is 0 Å². The average molecular weight is 223 g/mol. The number of carboxylic acids is 1. The van der Waals surface area contributed by atoms with Crippen LogP contribution < -0.4 is 5.73 Å². The molecule has 0 saturated heterocycles. The van der Waals surface area contributed by atoms with Crippen molar-refractivity contribution >= 4 is 11.8 Å². The van der Waals surface area contributed by atoms with Crippen LogP contribution in [0.4, 0.5) is 4.39 Å². The molecule has 1 aliphatic carbocycles. The van der Waals surface area contributed by atoms with Crippen LogP contribution in [-0.4, -0.2) is 22.4 Å². The lowest BCUT2D eigenvalue weighted by Gasteiger charge is -2.04. The first kappa shape index (κ1) is 10.8. The molecule has 3 N–H and O–H groups in total. The molecule has 84 valence electrons. The summed E-state index contributed by atoms with van der Waals surface area (Å²) in [6.07, 6.45) is 0.109. The van der Waals surface area contributed by atoms with Gasteiger partial charge in [-0.2, -0.15) is 0 Å². The molecule has 1 aromatic rings. The minimum absolute atomic E-state index is 0.109. The molecule has 2 rings (SSSR count). The maximum atomic E-state index is 12.9. The fraction of sp³-hybridized carbons (Fsp3) is 0.273. The van der Waals surface area contributed by atoms with Crippen LogP contribution in [0.5, 0.6) is 0 Å². The molecule has 5 heteroatoms. The van der Waals surface area contributed by atoms with Crippen LogP contribution in [-0.2, 0) is 4.79 Å².